The minimum atomic E-state index is 0.00255. The van der Waals surface area contributed by atoms with E-state index in [0.717, 1.165) is 45.7 Å². The largest absolute Gasteiger partial charge is 0.345 e. The fourth-order valence-electron chi connectivity index (χ4n) is 4.15. The monoisotopic (exact) mass is 401 g/mol. The van der Waals surface area contributed by atoms with Crippen molar-refractivity contribution >= 4 is 27.5 Å². The van der Waals surface area contributed by atoms with Crippen LogP contribution in [0.3, 0.4) is 0 Å². The second kappa shape index (κ2) is 7.16. The average Bonchev–Trinajstić information content (AvgIpc) is 3.30. The van der Waals surface area contributed by atoms with Crippen molar-refractivity contribution in [2.45, 2.75) is 39.2 Å². The number of thiophene rings is 1. The Labute approximate surface area is 174 Å². The fraction of sp³-hybridized carbons (Fsp3) is 0.250. The summed E-state index contributed by atoms with van der Waals surface area (Å²) in [5, 5.41) is 9.01. The van der Waals surface area contributed by atoms with Gasteiger partial charge in [0.1, 0.15) is 4.83 Å². The van der Waals surface area contributed by atoms with Gasteiger partial charge in [0.2, 0.25) is 0 Å². The van der Waals surface area contributed by atoms with Crippen LogP contribution in [0.4, 0.5) is 0 Å². The second-order valence-corrected chi connectivity index (χ2v) is 8.81. The Balaban J connectivity index is 1.46. The highest BCUT2D eigenvalue weighted by Crippen LogP contribution is 2.33. The zero-order chi connectivity index (χ0) is 20.0. The van der Waals surface area contributed by atoms with Crippen molar-refractivity contribution in [3.05, 3.63) is 81.9 Å². The van der Waals surface area contributed by atoms with Crippen molar-refractivity contribution in [3.63, 3.8) is 0 Å². The van der Waals surface area contributed by atoms with Gasteiger partial charge in [-0.05, 0) is 62.4 Å². The Hall–Kier alpha value is -2.92. The van der Waals surface area contributed by atoms with Crippen molar-refractivity contribution in [2.24, 2.45) is 0 Å². The van der Waals surface area contributed by atoms with E-state index in [1.54, 1.807) is 0 Å². The molecular weight excluding hydrogens is 378 g/mol. The summed E-state index contributed by atoms with van der Waals surface area (Å²) in [7, 11) is 0. The highest BCUT2D eigenvalue weighted by Gasteiger charge is 2.24. The zero-order valence-corrected chi connectivity index (χ0v) is 17.4. The van der Waals surface area contributed by atoms with Crippen LogP contribution >= 0.6 is 11.3 Å². The van der Waals surface area contributed by atoms with Crippen LogP contribution in [0.15, 0.2) is 54.6 Å². The SMILES string of the molecule is Cc1ccc(-n2nc(C)c3cc(C(=O)N[C@H]4CCCc5ccccc54)sc32)cc1. The number of carbonyl (C=O) groups is 1. The van der Waals surface area contributed by atoms with E-state index >= 15 is 0 Å². The molecule has 0 bridgehead atoms. The summed E-state index contributed by atoms with van der Waals surface area (Å²) in [5.74, 6) is 0.00255. The molecule has 1 aliphatic rings. The van der Waals surface area contributed by atoms with Crippen LogP contribution in [0.5, 0.6) is 0 Å². The Kier molecular flexibility index (Phi) is 4.47. The third kappa shape index (κ3) is 3.25. The van der Waals surface area contributed by atoms with Gasteiger partial charge in [-0.3, -0.25) is 4.79 Å². The van der Waals surface area contributed by atoms with E-state index in [-0.39, 0.29) is 11.9 Å². The molecule has 1 N–H and O–H groups in total. The maximum absolute atomic E-state index is 13.1. The van der Waals surface area contributed by atoms with Crippen LogP contribution in [-0.2, 0) is 6.42 Å². The standard InChI is InChI=1S/C24H23N3OS/c1-15-10-12-18(13-11-15)27-24-20(16(2)26-27)14-22(29-24)23(28)25-21-9-5-7-17-6-3-4-8-19(17)21/h3-4,6,8,10-14,21H,5,7,9H2,1-2H3,(H,25,28)/t21-/m0/s1. The first-order valence-electron chi connectivity index (χ1n) is 10.0. The number of hydrogen-bond acceptors (Lipinski definition) is 3. The third-order valence-electron chi connectivity index (χ3n) is 5.72. The summed E-state index contributed by atoms with van der Waals surface area (Å²) < 4.78 is 1.95. The van der Waals surface area contributed by atoms with Gasteiger partial charge < -0.3 is 5.32 Å². The molecule has 5 rings (SSSR count). The van der Waals surface area contributed by atoms with Gasteiger partial charge in [0.25, 0.3) is 5.91 Å². The molecule has 29 heavy (non-hydrogen) atoms. The fourth-order valence-corrected chi connectivity index (χ4v) is 5.24. The molecule has 1 aliphatic carbocycles. The smallest absolute Gasteiger partial charge is 0.261 e. The summed E-state index contributed by atoms with van der Waals surface area (Å²) >= 11 is 1.51. The van der Waals surface area contributed by atoms with Gasteiger partial charge in [-0.25, -0.2) is 4.68 Å². The van der Waals surface area contributed by atoms with E-state index < -0.39 is 0 Å². The zero-order valence-electron chi connectivity index (χ0n) is 16.6. The lowest BCUT2D eigenvalue weighted by Gasteiger charge is -2.26. The molecule has 0 saturated carbocycles. The quantitative estimate of drug-likeness (QED) is 0.492. The molecular formula is C24H23N3OS. The first-order chi connectivity index (χ1) is 14.1. The van der Waals surface area contributed by atoms with Crippen LogP contribution in [0.1, 0.15) is 50.9 Å². The highest BCUT2D eigenvalue weighted by molar-refractivity contribution is 7.20. The summed E-state index contributed by atoms with van der Waals surface area (Å²) in [6.45, 7) is 4.07. The first kappa shape index (κ1) is 18.1. The molecule has 0 unspecified atom stereocenters. The topological polar surface area (TPSA) is 46.9 Å². The van der Waals surface area contributed by atoms with Gasteiger partial charge in [-0.1, -0.05) is 42.0 Å². The van der Waals surface area contributed by atoms with Gasteiger partial charge >= 0.3 is 0 Å². The molecule has 0 fully saturated rings. The molecule has 1 atom stereocenters. The number of nitrogens with zero attached hydrogens (tertiary/aromatic N) is 2. The lowest BCUT2D eigenvalue weighted by molar-refractivity contribution is 0.0937. The van der Waals surface area contributed by atoms with Crippen molar-refractivity contribution in [3.8, 4) is 5.69 Å². The van der Waals surface area contributed by atoms with E-state index in [1.807, 2.05) is 17.7 Å². The van der Waals surface area contributed by atoms with Gasteiger partial charge in [-0.2, -0.15) is 5.10 Å². The molecule has 0 saturated heterocycles. The van der Waals surface area contributed by atoms with E-state index in [9.17, 15) is 4.79 Å². The Morgan fingerprint density at radius 3 is 2.76 bits per heavy atom. The number of benzene rings is 2. The van der Waals surface area contributed by atoms with Crippen molar-refractivity contribution in [2.75, 3.05) is 0 Å². The molecule has 5 heteroatoms. The first-order valence-corrected chi connectivity index (χ1v) is 10.9. The van der Waals surface area contributed by atoms with Crippen molar-refractivity contribution in [1.82, 2.24) is 15.1 Å². The number of amides is 1. The summed E-state index contributed by atoms with van der Waals surface area (Å²) in [5.41, 5.74) is 5.79. The van der Waals surface area contributed by atoms with Crippen LogP contribution in [0.2, 0.25) is 0 Å². The Morgan fingerprint density at radius 1 is 1.14 bits per heavy atom. The molecule has 2 heterocycles. The van der Waals surface area contributed by atoms with Crippen LogP contribution in [0, 0.1) is 13.8 Å². The van der Waals surface area contributed by atoms with Gasteiger partial charge in [-0.15, -0.1) is 11.3 Å². The summed E-state index contributed by atoms with van der Waals surface area (Å²) in [6.07, 6.45) is 3.19. The highest BCUT2D eigenvalue weighted by atomic mass is 32.1. The molecule has 146 valence electrons. The van der Waals surface area contributed by atoms with E-state index in [4.69, 9.17) is 5.10 Å². The van der Waals surface area contributed by atoms with E-state index in [0.29, 0.717) is 0 Å². The number of carbonyl (C=O) groups excluding carboxylic acids is 1. The molecule has 4 nitrogen and oxygen atoms in total. The maximum Gasteiger partial charge on any atom is 0.261 e. The second-order valence-electron chi connectivity index (χ2n) is 7.78. The number of fused-ring (bicyclic) bond motifs is 2. The number of rotatable bonds is 3. The molecule has 0 spiro atoms. The van der Waals surface area contributed by atoms with Gasteiger partial charge in [0, 0.05) is 5.39 Å². The van der Waals surface area contributed by atoms with Gasteiger partial charge in [0.05, 0.1) is 22.3 Å². The minimum absolute atomic E-state index is 0.00255. The predicted molar refractivity (Wildman–Crippen MR) is 118 cm³/mol. The van der Waals surface area contributed by atoms with Crippen molar-refractivity contribution < 1.29 is 4.79 Å². The minimum Gasteiger partial charge on any atom is -0.345 e. The van der Waals surface area contributed by atoms with Crippen LogP contribution < -0.4 is 5.32 Å². The normalized spacial score (nSPS) is 16.0. The summed E-state index contributed by atoms with van der Waals surface area (Å²) in [6, 6.07) is 18.8. The number of aryl methyl sites for hydroxylation is 3. The molecule has 4 aromatic rings. The lowest BCUT2D eigenvalue weighted by atomic mass is 9.88. The van der Waals surface area contributed by atoms with Crippen molar-refractivity contribution in [1.29, 1.82) is 0 Å². The lowest BCUT2D eigenvalue weighted by Crippen LogP contribution is -2.30. The van der Waals surface area contributed by atoms with Crippen LogP contribution in [-0.4, -0.2) is 15.7 Å². The Morgan fingerprint density at radius 2 is 1.93 bits per heavy atom. The maximum atomic E-state index is 13.1. The number of nitrogens with one attached hydrogen (secondary N) is 1. The van der Waals surface area contributed by atoms with Gasteiger partial charge in [0.15, 0.2) is 0 Å². The average molecular weight is 402 g/mol. The summed E-state index contributed by atoms with van der Waals surface area (Å²) in [4.78, 5) is 14.8. The molecule has 0 aliphatic heterocycles. The molecule has 2 aromatic heterocycles. The number of hydrogen-bond donors (Lipinski definition) is 1. The Bertz CT molecular complexity index is 1200. The third-order valence-corrected chi connectivity index (χ3v) is 6.83. The molecule has 0 radical (unpaired) electrons. The molecule has 1 amide bonds. The van der Waals surface area contributed by atoms with E-state index in [1.165, 1.54) is 28.0 Å². The van der Waals surface area contributed by atoms with Crippen LogP contribution in [0.25, 0.3) is 15.9 Å². The molecule has 2 aromatic carbocycles. The predicted octanol–water partition coefficient (Wildman–Crippen LogP) is 5.51. The number of aromatic nitrogens is 2. The van der Waals surface area contributed by atoms with E-state index in [2.05, 4.69) is 60.8 Å².